The maximum Gasteiger partial charge on any atom is 0.220 e. The summed E-state index contributed by atoms with van der Waals surface area (Å²) in [5, 5.41) is 10.7. The molecule has 6 nitrogen and oxygen atoms in total. The van der Waals surface area contributed by atoms with E-state index < -0.39 is 0 Å². The first-order valence-electron chi connectivity index (χ1n) is 15.6. The van der Waals surface area contributed by atoms with Gasteiger partial charge >= 0.3 is 0 Å². The van der Waals surface area contributed by atoms with Crippen molar-refractivity contribution in [3.05, 3.63) is 131 Å². The average molecular weight is 615 g/mol. The van der Waals surface area contributed by atoms with Crippen LogP contribution in [0.25, 0.3) is 21.8 Å². The third-order valence-electron chi connectivity index (χ3n) is 8.08. The van der Waals surface area contributed by atoms with Gasteiger partial charge in [-0.15, -0.1) is 0 Å². The molecular weight excluding hydrogens is 577 g/mol. The van der Waals surface area contributed by atoms with E-state index in [-0.39, 0.29) is 11.8 Å². The van der Waals surface area contributed by atoms with Crippen molar-refractivity contribution in [3.8, 4) is 0 Å². The van der Waals surface area contributed by atoms with Crippen LogP contribution in [0, 0.1) is 0 Å². The number of aromatic nitrogens is 2. The molecule has 2 amide bonds. The van der Waals surface area contributed by atoms with Crippen LogP contribution in [0.5, 0.6) is 0 Å². The lowest BCUT2D eigenvalue weighted by molar-refractivity contribution is -0.122. The number of benzene rings is 4. The molecule has 0 aliphatic carbocycles. The van der Waals surface area contributed by atoms with Gasteiger partial charge in [-0.3, -0.25) is 9.59 Å². The van der Waals surface area contributed by atoms with Crippen LogP contribution in [0.1, 0.15) is 47.9 Å². The minimum Gasteiger partial charge on any atom is -0.352 e. The van der Waals surface area contributed by atoms with Gasteiger partial charge in [0.1, 0.15) is 0 Å². The van der Waals surface area contributed by atoms with Crippen molar-refractivity contribution in [1.29, 1.82) is 0 Å². The number of nitrogens with one attached hydrogen (secondary N) is 4. The maximum absolute atomic E-state index is 12.6. The lowest BCUT2D eigenvalue weighted by Gasteiger charge is -2.08. The molecule has 0 saturated heterocycles. The summed E-state index contributed by atoms with van der Waals surface area (Å²) in [6, 6.07) is 36.7. The molecule has 45 heavy (non-hydrogen) atoms. The molecule has 0 aliphatic heterocycles. The standard InChI is InChI=1S/C38H38N4O2S/c43-35(39-25-27-13-3-1-4-14-27)23-11-19-31-29-17-7-9-21-33(29)41-37(31)45-38-32(30-18-8-10-22-34(30)42-38)20-12-24-36(44)40-26-28-15-5-2-6-16-28/h1-10,13-18,21-22,41-42H,11-12,19-20,23-26H2,(H,39,43)(H,40,44). The molecule has 0 bridgehead atoms. The molecule has 0 unspecified atom stereocenters. The Hall–Kier alpha value is -4.75. The smallest absolute Gasteiger partial charge is 0.220 e. The third kappa shape index (κ3) is 7.86. The third-order valence-corrected chi connectivity index (χ3v) is 9.18. The van der Waals surface area contributed by atoms with E-state index in [0.717, 1.165) is 57.9 Å². The highest BCUT2D eigenvalue weighted by molar-refractivity contribution is 7.99. The van der Waals surface area contributed by atoms with Crippen molar-refractivity contribution >= 4 is 45.4 Å². The number of hydrogen-bond acceptors (Lipinski definition) is 3. The minimum absolute atomic E-state index is 0.0682. The normalized spacial score (nSPS) is 11.2. The zero-order valence-corrected chi connectivity index (χ0v) is 26.1. The van der Waals surface area contributed by atoms with E-state index in [1.165, 1.54) is 21.9 Å². The predicted molar refractivity (Wildman–Crippen MR) is 183 cm³/mol. The van der Waals surface area contributed by atoms with Gasteiger partial charge in [0.25, 0.3) is 0 Å². The molecule has 2 aromatic heterocycles. The van der Waals surface area contributed by atoms with Gasteiger partial charge in [-0.2, -0.15) is 0 Å². The fraction of sp³-hybridized carbons (Fsp3) is 0.211. The van der Waals surface area contributed by atoms with Crippen molar-refractivity contribution in [1.82, 2.24) is 20.6 Å². The zero-order chi connectivity index (χ0) is 30.8. The molecule has 0 aliphatic rings. The first kappa shape index (κ1) is 30.3. The number of fused-ring (bicyclic) bond motifs is 2. The Labute approximate surface area is 268 Å². The van der Waals surface area contributed by atoms with Gasteiger partial charge < -0.3 is 20.6 Å². The molecule has 2 heterocycles. The molecule has 228 valence electrons. The van der Waals surface area contributed by atoms with Gasteiger partial charge in [0.15, 0.2) is 0 Å². The summed E-state index contributed by atoms with van der Waals surface area (Å²) in [6.45, 7) is 1.09. The Kier molecular flexibility index (Phi) is 9.97. The van der Waals surface area contributed by atoms with Crippen LogP contribution < -0.4 is 10.6 Å². The SMILES string of the molecule is O=C(CCCc1c(Sc2[nH]c3ccccc3c2CCCC(=O)NCc2ccccc2)[nH]c2ccccc12)NCc1ccccc1. The number of aryl methyl sites for hydroxylation is 2. The maximum atomic E-state index is 12.6. The fourth-order valence-electron chi connectivity index (χ4n) is 5.74. The Morgan fingerprint density at radius 1 is 0.533 bits per heavy atom. The van der Waals surface area contributed by atoms with Gasteiger partial charge in [-0.1, -0.05) is 109 Å². The molecular formula is C38H38N4O2S. The predicted octanol–water partition coefficient (Wildman–Crippen LogP) is 8.08. The lowest BCUT2D eigenvalue weighted by Crippen LogP contribution is -2.22. The number of carbonyl (C=O) groups excluding carboxylic acids is 2. The molecule has 7 heteroatoms. The molecule has 4 N–H and O–H groups in total. The van der Waals surface area contributed by atoms with Gasteiger partial charge in [0, 0.05) is 47.7 Å². The monoisotopic (exact) mass is 614 g/mol. The number of para-hydroxylation sites is 2. The van der Waals surface area contributed by atoms with E-state index in [1.807, 2.05) is 72.8 Å². The zero-order valence-electron chi connectivity index (χ0n) is 25.3. The summed E-state index contributed by atoms with van der Waals surface area (Å²) in [7, 11) is 0. The summed E-state index contributed by atoms with van der Waals surface area (Å²) in [5.41, 5.74) is 6.85. The van der Waals surface area contributed by atoms with Crippen molar-refractivity contribution in [3.63, 3.8) is 0 Å². The van der Waals surface area contributed by atoms with E-state index in [9.17, 15) is 9.59 Å². The van der Waals surface area contributed by atoms with Crippen LogP contribution in [-0.2, 0) is 35.5 Å². The van der Waals surface area contributed by atoms with Gasteiger partial charge in [0.05, 0.1) is 10.1 Å². The summed E-state index contributed by atoms with van der Waals surface area (Å²) < 4.78 is 0. The first-order chi connectivity index (χ1) is 22.1. The van der Waals surface area contributed by atoms with Gasteiger partial charge in [0.2, 0.25) is 11.8 Å². The van der Waals surface area contributed by atoms with Crippen LogP contribution in [-0.4, -0.2) is 21.8 Å². The largest absolute Gasteiger partial charge is 0.352 e. The molecule has 0 fully saturated rings. The molecule has 0 atom stereocenters. The molecule has 0 spiro atoms. The van der Waals surface area contributed by atoms with Crippen molar-refractivity contribution < 1.29 is 9.59 Å². The van der Waals surface area contributed by atoms with Gasteiger partial charge in [-0.25, -0.2) is 0 Å². The summed E-state index contributed by atoms with van der Waals surface area (Å²) in [4.78, 5) is 32.6. The molecule has 6 aromatic rings. The van der Waals surface area contributed by atoms with E-state index in [4.69, 9.17) is 0 Å². The molecule has 0 saturated carbocycles. The van der Waals surface area contributed by atoms with E-state index in [2.05, 4.69) is 57.0 Å². The summed E-state index contributed by atoms with van der Waals surface area (Å²) >= 11 is 1.71. The Balaban J connectivity index is 1.13. The van der Waals surface area contributed by atoms with Crippen molar-refractivity contribution in [2.24, 2.45) is 0 Å². The van der Waals surface area contributed by atoms with E-state index >= 15 is 0 Å². The Bertz CT molecular complexity index is 1740. The highest BCUT2D eigenvalue weighted by Gasteiger charge is 2.18. The number of H-pyrrole nitrogens is 2. The summed E-state index contributed by atoms with van der Waals surface area (Å²) in [5.74, 6) is 0.136. The van der Waals surface area contributed by atoms with Crippen LogP contribution in [0.3, 0.4) is 0 Å². The van der Waals surface area contributed by atoms with Crippen LogP contribution >= 0.6 is 11.8 Å². The topological polar surface area (TPSA) is 89.8 Å². The average Bonchev–Trinajstić information content (AvgIpc) is 3.61. The second-order valence-electron chi connectivity index (χ2n) is 11.3. The van der Waals surface area contributed by atoms with Crippen LogP contribution in [0.2, 0.25) is 0 Å². The van der Waals surface area contributed by atoms with E-state index in [0.29, 0.717) is 25.9 Å². The molecule has 4 aromatic carbocycles. The highest BCUT2D eigenvalue weighted by atomic mass is 32.2. The summed E-state index contributed by atoms with van der Waals surface area (Å²) in [6.07, 6.45) is 4.05. The van der Waals surface area contributed by atoms with Crippen LogP contribution in [0.15, 0.2) is 119 Å². The van der Waals surface area contributed by atoms with Crippen molar-refractivity contribution in [2.45, 2.75) is 61.7 Å². The first-order valence-corrected chi connectivity index (χ1v) is 16.4. The number of rotatable bonds is 14. The minimum atomic E-state index is 0.0682. The quantitative estimate of drug-likeness (QED) is 0.100. The number of hydrogen-bond donors (Lipinski definition) is 4. The lowest BCUT2D eigenvalue weighted by atomic mass is 10.1. The second kappa shape index (κ2) is 14.8. The van der Waals surface area contributed by atoms with Crippen molar-refractivity contribution in [2.75, 3.05) is 0 Å². The number of carbonyl (C=O) groups is 2. The van der Waals surface area contributed by atoms with E-state index in [1.54, 1.807) is 11.8 Å². The molecule has 6 rings (SSSR count). The fourth-order valence-corrected chi connectivity index (χ4v) is 6.94. The number of aromatic amines is 2. The Morgan fingerprint density at radius 2 is 0.933 bits per heavy atom. The molecule has 0 radical (unpaired) electrons. The Morgan fingerprint density at radius 3 is 1.38 bits per heavy atom. The van der Waals surface area contributed by atoms with Gasteiger partial charge in [-0.05, 0) is 60.1 Å². The highest BCUT2D eigenvalue weighted by Crippen LogP contribution is 2.39. The number of amides is 2. The van der Waals surface area contributed by atoms with Crippen LogP contribution in [0.4, 0.5) is 0 Å². The second-order valence-corrected chi connectivity index (χ2v) is 12.3.